The van der Waals surface area contributed by atoms with Crippen molar-refractivity contribution in [1.29, 1.82) is 0 Å². The van der Waals surface area contributed by atoms with Gasteiger partial charge in [-0.2, -0.15) is 0 Å². The van der Waals surface area contributed by atoms with Gasteiger partial charge in [-0.05, 0) is 30.7 Å². The lowest BCUT2D eigenvalue weighted by Gasteiger charge is -2.11. The topological polar surface area (TPSA) is 78.7 Å². The second-order valence-electron chi connectivity index (χ2n) is 4.81. The molecule has 2 rings (SSSR count). The second kappa shape index (κ2) is 11.1. The van der Waals surface area contributed by atoms with Crippen molar-refractivity contribution in [3.05, 3.63) is 46.0 Å². The molecule has 0 aliphatic rings. The van der Waals surface area contributed by atoms with E-state index in [2.05, 4.69) is 40.0 Å². The predicted molar refractivity (Wildman–Crippen MR) is 108 cm³/mol. The Labute approximate surface area is 163 Å². The standard InChI is InChI=1S/C16H22N4O2S.HI/c1-3-12-6-7-13(23-12)11-20-16(17-2)19-9-8-18-15(21)14-5-4-10-22-14;/h4-7,10H,3,8-9,11H2,1-2H3,(H,18,21)(H2,17,19,20);1H. The maximum Gasteiger partial charge on any atom is 0.287 e. The number of thiophene rings is 1. The van der Waals surface area contributed by atoms with Crippen molar-refractivity contribution in [1.82, 2.24) is 16.0 Å². The molecule has 0 saturated heterocycles. The lowest BCUT2D eigenvalue weighted by Crippen LogP contribution is -2.41. The first-order chi connectivity index (χ1) is 11.2. The van der Waals surface area contributed by atoms with Crippen molar-refractivity contribution < 1.29 is 9.21 Å². The van der Waals surface area contributed by atoms with Gasteiger partial charge in [-0.15, -0.1) is 35.3 Å². The molecule has 1 amide bonds. The maximum atomic E-state index is 11.7. The van der Waals surface area contributed by atoms with Gasteiger partial charge in [-0.25, -0.2) is 0 Å². The zero-order valence-electron chi connectivity index (χ0n) is 13.8. The van der Waals surface area contributed by atoms with E-state index in [1.54, 1.807) is 30.5 Å². The van der Waals surface area contributed by atoms with Crippen LogP contribution in [0.4, 0.5) is 0 Å². The summed E-state index contributed by atoms with van der Waals surface area (Å²) in [5.74, 6) is 0.811. The van der Waals surface area contributed by atoms with Gasteiger partial charge in [-0.1, -0.05) is 6.92 Å². The first-order valence-corrected chi connectivity index (χ1v) is 8.38. The van der Waals surface area contributed by atoms with Gasteiger partial charge in [0, 0.05) is 29.9 Å². The number of hydrogen-bond donors (Lipinski definition) is 3. The molecule has 2 heterocycles. The number of hydrogen-bond acceptors (Lipinski definition) is 4. The molecule has 6 nitrogen and oxygen atoms in total. The van der Waals surface area contributed by atoms with Crippen LogP contribution in [-0.4, -0.2) is 32.0 Å². The van der Waals surface area contributed by atoms with E-state index in [-0.39, 0.29) is 29.9 Å². The zero-order chi connectivity index (χ0) is 16.5. The number of guanidine groups is 1. The van der Waals surface area contributed by atoms with Gasteiger partial charge in [0.25, 0.3) is 5.91 Å². The van der Waals surface area contributed by atoms with Crippen LogP contribution in [0.1, 0.15) is 27.2 Å². The molecule has 0 saturated carbocycles. The first kappa shape index (κ1) is 20.5. The number of carbonyl (C=O) groups excluding carboxylic acids is 1. The summed E-state index contributed by atoms with van der Waals surface area (Å²) in [6.45, 7) is 3.96. The number of halogens is 1. The van der Waals surface area contributed by atoms with Crippen LogP contribution in [0.3, 0.4) is 0 Å². The molecule has 0 radical (unpaired) electrons. The molecule has 8 heteroatoms. The minimum atomic E-state index is -0.217. The highest BCUT2D eigenvalue weighted by molar-refractivity contribution is 14.0. The van der Waals surface area contributed by atoms with Gasteiger partial charge < -0.3 is 20.4 Å². The van der Waals surface area contributed by atoms with Crippen LogP contribution in [-0.2, 0) is 13.0 Å². The Hall–Kier alpha value is -1.55. The largest absolute Gasteiger partial charge is 0.459 e. The molecule has 0 bridgehead atoms. The molecule has 132 valence electrons. The molecule has 3 N–H and O–H groups in total. The second-order valence-corrected chi connectivity index (χ2v) is 6.06. The number of nitrogens with one attached hydrogen (secondary N) is 3. The van der Waals surface area contributed by atoms with Gasteiger partial charge in [0.05, 0.1) is 12.8 Å². The summed E-state index contributed by atoms with van der Waals surface area (Å²) in [7, 11) is 1.72. The summed E-state index contributed by atoms with van der Waals surface area (Å²) in [6.07, 6.45) is 2.54. The maximum absolute atomic E-state index is 11.7. The molecule has 0 spiro atoms. The quantitative estimate of drug-likeness (QED) is 0.256. The van der Waals surface area contributed by atoms with E-state index in [0.29, 0.717) is 24.8 Å². The average Bonchev–Trinajstić information content (AvgIpc) is 3.25. The number of aliphatic imine (C=N–C) groups is 1. The number of carbonyl (C=O) groups is 1. The van der Waals surface area contributed by atoms with Crippen LogP contribution in [0.15, 0.2) is 39.9 Å². The van der Waals surface area contributed by atoms with Crippen LogP contribution >= 0.6 is 35.3 Å². The van der Waals surface area contributed by atoms with Crippen LogP contribution in [0.2, 0.25) is 0 Å². The highest BCUT2D eigenvalue weighted by Crippen LogP contribution is 2.16. The van der Waals surface area contributed by atoms with Gasteiger partial charge in [0.2, 0.25) is 0 Å². The monoisotopic (exact) mass is 462 g/mol. The summed E-state index contributed by atoms with van der Waals surface area (Å²) in [5.41, 5.74) is 0. The number of nitrogens with zero attached hydrogens (tertiary/aromatic N) is 1. The summed E-state index contributed by atoms with van der Waals surface area (Å²) >= 11 is 1.80. The molecule has 2 aromatic heterocycles. The minimum absolute atomic E-state index is 0. The van der Waals surface area contributed by atoms with E-state index < -0.39 is 0 Å². The number of aryl methyl sites for hydroxylation is 1. The Balaban J connectivity index is 0.00000288. The summed E-state index contributed by atoms with van der Waals surface area (Å²) < 4.78 is 5.03. The van der Waals surface area contributed by atoms with Crippen molar-refractivity contribution in [3.63, 3.8) is 0 Å². The van der Waals surface area contributed by atoms with E-state index in [0.717, 1.165) is 13.0 Å². The van der Waals surface area contributed by atoms with Crippen LogP contribution in [0.25, 0.3) is 0 Å². The summed E-state index contributed by atoms with van der Waals surface area (Å²) in [4.78, 5) is 18.5. The normalized spacial score (nSPS) is 10.8. The zero-order valence-corrected chi connectivity index (χ0v) is 16.9. The van der Waals surface area contributed by atoms with Crippen LogP contribution in [0, 0.1) is 0 Å². The fourth-order valence-electron chi connectivity index (χ4n) is 1.95. The van der Waals surface area contributed by atoms with E-state index in [4.69, 9.17) is 4.42 Å². The molecule has 0 aliphatic carbocycles. The lowest BCUT2D eigenvalue weighted by atomic mass is 10.4. The van der Waals surface area contributed by atoms with Gasteiger partial charge in [0.1, 0.15) is 0 Å². The molecule has 0 fully saturated rings. The van der Waals surface area contributed by atoms with E-state index in [9.17, 15) is 4.79 Å². The third kappa shape index (κ3) is 6.52. The molecule has 0 unspecified atom stereocenters. The molecule has 24 heavy (non-hydrogen) atoms. The third-order valence-corrected chi connectivity index (χ3v) is 4.40. The molecule has 0 aliphatic heterocycles. The van der Waals surface area contributed by atoms with E-state index >= 15 is 0 Å². The Kier molecular flexibility index (Phi) is 9.46. The summed E-state index contributed by atoms with van der Waals surface area (Å²) in [6, 6.07) is 7.61. The Bertz CT molecular complexity index is 640. The molecule has 2 aromatic rings. The molecular formula is C16H23IN4O2S. The van der Waals surface area contributed by atoms with Crippen molar-refractivity contribution in [3.8, 4) is 0 Å². The van der Waals surface area contributed by atoms with Crippen LogP contribution in [0.5, 0.6) is 0 Å². The van der Waals surface area contributed by atoms with Crippen molar-refractivity contribution >= 4 is 47.2 Å². The summed E-state index contributed by atoms with van der Waals surface area (Å²) in [5, 5.41) is 9.19. The smallest absolute Gasteiger partial charge is 0.287 e. The highest BCUT2D eigenvalue weighted by atomic mass is 127. The highest BCUT2D eigenvalue weighted by Gasteiger charge is 2.07. The predicted octanol–water partition coefficient (Wildman–Crippen LogP) is 2.62. The molecule has 0 atom stereocenters. The van der Waals surface area contributed by atoms with Gasteiger partial charge >= 0.3 is 0 Å². The van der Waals surface area contributed by atoms with E-state index in [1.165, 1.54) is 16.0 Å². The number of amides is 1. The third-order valence-electron chi connectivity index (χ3n) is 3.17. The molecule has 0 aromatic carbocycles. The fourth-order valence-corrected chi connectivity index (χ4v) is 2.85. The van der Waals surface area contributed by atoms with Crippen LogP contribution < -0.4 is 16.0 Å². The van der Waals surface area contributed by atoms with E-state index in [1.807, 2.05) is 0 Å². The van der Waals surface area contributed by atoms with Crippen molar-refractivity contribution in [2.24, 2.45) is 4.99 Å². The van der Waals surface area contributed by atoms with Crippen molar-refractivity contribution in [2.75, 3.05) is 20.1 Å². The van der Waals surface area contributed by atoms with Gasteiger partial charge in [-0.3, -0.25) is 9.79 Å². The first-order valence-electron chi connectivity index (χ1n) is 7.56. The Morgan fingerprint density at radius 2 is 1.92 bits per heavy atom. The minimum Gasteiger partial charge on any atom is -0.459 e. The lowest BCUT2D eigenvalue weighted by molar-refractivity contribution is 0.0926. The number of rotatable bonds is 7. The Morgan fingerprint density at radius 3 is 2.54 bits per heavy atom. The fraction of sp³-hybridized carbons (Fsp3) is 0.375. The average molecular weight is 462 g/mol. The Morgan fingerprint density at radius 1 is 1.17 bits per heavy atom. The SMILES string of the molecule is CCc1ccc(CNC(=NC)NCCNC(=O)c2ccco2)s1.I. The van der Waals surface area contributed by atoms with Crippen molar-refractivity contribution in [2.45, 2.75) is 19.9 Å². The molecular weight excluding hydrogens is 439 g/mol. The van der Waals surface area contributed by atoms with Gasteiger partial charge in [0.15, 0.2) is 11.7 Å². The number of furan rings is 1.